The third kappa shape index (κ3) is 12.0. The second-order valence-electron chi connectivity index (χ2n) is 10.1. The van der Waals surface area contributed by atoms with E-state index in [1.807, 2.05) is 12.1 Å². The molecule has 0 fully saturated rings. The fourth-order valence-electron chi connectivity index (χ4n) is 4.78. The molecule has 1 N–H and O–H groups in total. The summed E-state index contributed by atoms with van der Waals surface area (Å²) >= 11 is 8.44. The molecule has 208 valence electrons. The maximum atomic E-state index is 13.5. The van der Waals surface area contributed by atoms with Crippen LogP contribution in [0.25, 0.3) is 10.2 Å². The summed E-state index contributed by atoms with van der Waals surface area (Å²) < 4.78 is 7.24. The third-order valence-corrected chi connectivity index (χ3v) is 8.93. The Morgan fingerprint density at radius 3 is 2.00 bits per heavy atom. The van der Waals surface area contributed by atoms with E-state index in [1.54, 1.807) is 6.07 Å². The lowest BCUT2D eigenvalue weighted by molar-refractivity contribution is -0.153. The van der Waals surface area contributed by atoms with Crippen LogP contribution in [0.15, 0.2) is 22.5 Å². The van der Waals surface area contributed by atoms with Crippen molar-refractivity contribution in [1.82, 2.24) is 4.98 Å². The van der Waals surface area contributed by atoms with Crippen molar-refractivity contribution in [3.8, 4) is 0 Å². The first-order valence-electron chi connectivity index (χ1n) is 14.1. The minimum Gasteiger partial charge on any atom is -0.481 e. The van der Waals surface area contributed by atoms with E-state index in [0.717, 1.165) is 60.8 Å². The number of carbonyl (C=O) groups excluding carboxylic acids is 1. The predicted octanol–water partition coefficient (Wildman–Crippen LogP) is 10.2. The number of fused-ring (bicyclic) bond motifs is 1. The first kappa shape index (κ1) is 31.9. The lowest BCUT2D eigenvalue weighted by Gasteiger charge is -2.29. The molecule has 0 amide bonds. The SMILES string of the molecule is CCCCCCCCCC(CCCCCCCCC)(CC(=O)O)C(=O)OSc1nc2ccc(Cl)cc2s1. The second-order valence-corrected chi connectivity index (χ2v) is 12.6. The van der Waals surface area contributed by atoms with Crippen LogP contribution >= 0.6 is 35.0 Å². The van der Waals surface area contributed by atoms with Gasteiger partial charge in [0, 0.05) is 5.02 Å². The Balaban J connectivity index is 2.03. The van der Waals surface area contributed by atoms with Crippen molar-refractivity contribution in [1.29, 1.82) is 0 Å². The molecule has 0 bridgehead atoms. The number of unbranched alkanes of at least 4 members (excludes halogenated alkanes) is 12. The number of carboxylic acid groups (broad SMARTS) is 1. The number of hydrogen-bond donors (Lipinski definition) is 1. The van der Waals surface area contributed by atoms with Gasteiger partial charge in [-0.15, -0.1) is 11.3 Å². The Morgan fingerprint density at radius 1 is 0.919 bits per heavy atom. The van der Waals surface area contributed by atoms with Crippen LogP contribution in [0.2, 0.25) is 5.02 Å². The van der Waals surface area contributed by atoms with Crippen LogP contribution < -0.4 is 0 Å². The third-order valence-electron chi connectivity index (χ3n) is 6.96. The standard InChI is InChI=1S/C29H44ClNO4S2/c1-3-5-7-9-11-13-15-19-29(22-26(32)33,20-16-14-12-10-8-6-4-2)27(34)35-37-28-31-24-18-17-23(30)21-25(24)36-28/h17-18,21H,3-16,19-20,22H2,1-2H3,(H,32,33). The lowest BCUT2D eigenvalue weighted by Crippen LogP contribution is -2.34. The first-order chi connectivity index (χ1) is 17.9. The van der Waals surface area contributed by atoms with Crippen molar-refractivity contribution < 1.29 is 18.9 Å². The van der Waals surface area contributed by atoms with Crippen LogP contribution in [0.4, 0.5) is 0 Å². The quantitative estimate of drug-likeness (QED) is 0.119. The highest BCUT2D eigenvalue weighted by atomic mass is 35.5. The highest BCUT2D eigenvalue weighted by Crippen LogP contribution is 2.40. The molecule has 0 saturated heterocycles. The summed E-state index contributed by atoms with van der Waals surface area (Å²) in [5, 5.41) is 10.4. The maximum Gasteiger partial charge on any atom is 0.325 e. The second kappa shape index (κ2) is 18.1. The smallest absolute Gasteiger partial charge is 0.325 e. The van der Waals surface area contributed by atoms with Gasteiger partial charge in [-0.3, -0.25) is 9.59 Å². The van der Waals surface area contributed by atoms with E-state index in [-0.39, 0.29) is 6.42 Å². The number of benzene rings is 1. The van der Waals surface area contributed by atoms with Gasteiger partial charge in [0.2, 0.25) is 0 Å². The largest absolute Gasteiger partial charge is 0.481 e. The van der Waals surface area contributed by atoms with E-state index in [2.05, 4.69) is 18.8 Å². The summed E-state index contributed by atoms with van der Waals surface area (Å²) in [5.41, 5.74) is -0.193. The molecule has 8 heteroatoms. The monoisotopic (exact) mass is 569 g/mol. The van der Waals surface area contributed by atoms with E-state index in [0.29, 0.717) is 22.2 Å². The van der Waals surface area contributed by atoms with Crippen molar-refractivity contribution in [3.63, 3.8) is 0 Å². The molecule has 0 unspecified atom stereocenters. The van der Waals surface area contributed by atoms with Crippen LogP contribution in [0, 0.1) is 5.41 Å². The minimum atomic E-state index is -0.994. The van der Waals surface area contributed by atoms with Crippen LogP contribution in [0.5, 0.6) is 0 Å². The summed E-state index contributed by atoms with van der Waals surface area (Å²) in [6, 6.07) is 5.47. The van der Waals surface area contributed by atoms with Crippen molar-refractivity contribution in [2.45, 2.75) is 127 Å². The Labute approximate surface area is 236 Å². The molecule has 0 spiro atoms. The zero-order valence-electron chi connectivity index (χ0n) is 22.6. The average Bonchev–Trinajstić information content (AvgIpc) is 3.27. The van der Waals surface area contributed by atoms with Gasteiger partial charge in [-0.1, -0.05) is 115 Å². The van der Waals surface area contributed by atoms with Crippen LogP contribution in [0.1, 0.15) is 123 Å². The topological polar surface area (TPSA) is 76.5 Å². The zero-order valence-corrected chi connectivity index (χ0v) is 25.0. The number of hydrogen-bond acceptors (Lipinski definition) is 6. The molecule has 2 rings (SSSR count). The first-order valence-corrected chi connectivity index (χ1v) is 16.0. The molecule has 5 nitrogen and oxygen atoms in total. The van der Waals surface area contributed by atoms with E-state index in [4.69, 9.17) is 15.8 Å². The molecule has 1 aromatic carbocycles. The molecule has 0 aliphatic carbocycles. The highest BCUT2D eigenvalue weighted by molar-refractivity contribution is 7.97. The number of nitrogens with zero attached hydrogens (tertiary/aromatic N) is 1. The van der Waals surface area contributed by atoms with Gasteiger partial charge in [0.25, 0.3) is 0 Å². The Kier molecular flexibility index (Phi) is 15.6. The summed E-state index contributed by atoms with van der Waals surface area (Å²) in [7, 11) is 0. The summed E-state index contributed by atoms with van der Waals surface area (Å²) in [6.45, 7) is 4.41. The molecule has 0 aliphatic heterocycles. The van der Waals surface area contributed by atoms with Crippen LogP contribution in [0.3, 0.4) is 0 Å². The average molecular weight is 570 g/mol. The highest BCUT2D eigenvalue weighted by Gasteiger charge is 2.41. The van der Waals surface area contributed by atoms with Crippen molar-refractivity contribution in [3.05, 3.63) is 23.2 Å². The molecule has 1 aromatic heterocycles. The van der Waals surface area contributed by atoms with Gasteiger partial charge >= 0.3 is 11.9 Å². The number of carbonyl (C=O) groups is 2. The van der Waals surface area contributed by atoms with Gasteiger partial charge in [-0.2, -0.15) is 0 Å². The number of halogens is 1. The molecular formula is C29H44ClNO4S2. The fraction of sp³-hybridized carbons (Fsp3) is 0.690. The van der Waals surface area contributed by atoms with Crippen molar-refractivity contribution in [2.75, 3.05) is 0 Å². The van der Waals surface area contributed by atoms with E-state index < -0.39 is 17.4 Å². The van der Waals surface area contributed by atoms with Gasteiger partial charge in [-0.25, -0.2) is 4.98 Å². The predicted molar refractivity (Wildman–Crippen MR) is 156 cm³/mol. The summed E-state index contributed by atoms with van der Waals surface area (Å²) in [5.74, 6) is -1.36. The molecule has 37 heavy (non-hydrogen) atoms. The van der Waals surface area contributed by atoms with E-state index in [9.17, 15) is 14.7 Å². The van der Waals surface area contributed by atoms with Crippen LogP contribution in [-0.4, -0.2) is 22.0 Å². The van der Waals surface area contributed by atoms with E-state index in [1.165, 1.54) is 62.7 Å². The van der Waals surface area contributed by atoms with Gasteiger partial charge in [-0.05, 0) is 31.0 Å². The molecule has 0 radical (unpaired) electrons. The lowest BCUT2D eigenvalue weighted by atomic mass is 9.75. The number of aromatic nitrogens is 1. The number of rotatable bonds is 21. The Bertz CT molecular complexity index is 931. The maximum absolute atomic E-state index is 13.5. The van der Waals surface area contributed by atoms with Crippen LogP contribution in [-0.2, 0) is 13.8 Å². The minimum absolute atomic E-state index is 0.187. The van der Waals surface area contributed by atoms with Crippen molar-refractivity contribution >= 4 is 57.1 Å². The normalized spacial score (nSPS) is 11.8. The molecular weight excluding hydrogens is 526 g/mol. The van der Waals surface area contributed by atoms with Crippen molar-refractivity contribution in [2.24, 2.45) is 5.41 Å². The van der Waals surface area contributed by atoms with Gasteiger partial charge in [0.05, 0.1) is 22.1 Å². The zero-order chi connectivity index (χ0) is 26.9. The number of thiazole rings is 1. The van der Waals surface area contributed by atoms with Gasteiger partial charge < -0.3 is 9.29 Å². The van der Waals surface area contributed by atoms with E-state index >= 15 is 0 Å². The Morgan fingerprint density at radius 2 is 1.46 bits per heavy atom. The van der Waals surface area contributed by atoms with Gasteiger partial charge in [0.15, 0.2) is 4.34 Å². The van der Waals surface area contributed by atoms with Gasteiger partial charge in [0.1, 0.15) is 12.0 Å². The number of carboxylic acids is 1. The Hall–Kier alpha value is -1.31. The summed E-state index contributed by atoms with van der Waals surface area (Å²) in [6.07, 6.45) is 16.7. The summed E-state index contributed by atoms with van der Waals surface area (Å²) in [4.78, 5) is 29.9. The molecule has 0 aliphatic rings. The number of aliphatic carboxylic acids is 1. The fourth-order valence-corrected chi connectivity index (χ4v) is 6.72. The molecule has 1 heterocycles. The molecule has 2 aromatic rings. The molecule has 0 atom stereocenters. The molecule has 0 saturated carbocycles.